The van der Waals surface area contributed by atoms with Crippen LogP contribution in [0.4, 0.5) is 0 Å². The van der Waals surface area contributed by atoms with Gasteiger partial charge in [-0.05, 0) is 31.5 Å². The van der Waals surface area contributed by atoms with Crippen molar-refractivity contribution in [3.63, 3.8) is 0 Å². The van der Waals surface area contributed by atoms with Crippen LogP contribution >= 0.6 is 39.9 Å². The first-order chi connectivity index (χ1) is 7.00. The number of hydrogen-bond donors (Lipinski definition) is 0. The average molecular weight is 303 g/mol. The fourth-order valence-corrected chi connectivity index (χ4v) is 2.49. The van der Waals surface area contributed by atoms with Gasteiger partial charge in [0.1, 0.15) is 5.78 Å². The number of benzene rings is 1. The second-order valence-electron chi connectivity index (χ2n) is 3.17. The normalized spacial score (nSPS) is 12.2. The van der Waals surface area contributed by atoms with E-state index in [-0.39, 0.29) is 11.0 Å². The Bertz CT molecular complexity index is 373. The lowest BCUT2D eigenvalue weighted by Gasteiger charge is -2.08. The second-order valence-corrected chi connectivity index (χ2v) is 6.10. The lowest BCUT2D eigenvalue weighted by molar-refractivity contribution is -0.116. The predicted molar refractivity (Wildman–Crippen MR) is 73.6 cm³/mol. The van der Waals surface area contributed by atoms with E-state index in [1.807, 2.05) is 31.2 Å². The molecule has 0 aromatic heterocycles. The van der Waals surface area contributed by atoms with Crippen LogP contribution in [-0.4, -0.2) is 15.2 Å². The molecule has 0 spiro atoms. The third-order valence-electron chi connectivity index (χ3n) is 1.94. The van der Waals surface area contributed by atoms with Gasteiger partial charge in [-0.3, -0.25) is 4.79 Å². The van der Waals surface area contributed by atoms with Gasteiger partial charge in [-0.2, -0.15) is 0 Å². The molecule has 1 unspecified atom stereocenters. The molecule has 0 aliphatic heterocycles. The van der Waals surface area contributed by atoms with Crippen LogP contribution in [0.3, 0.4) is 0 Å². The lowest BCUT2D eigenvalue weighted by atomic mass is 10.2. The van der Waals surface area contributed by atoms with Gasteiger partial charge in [-0.15, -0.1) is 11.8 Å². The molecule has 0 N–H and O–H groups in total. The highest BCUT2D eigenvalue weighted by Crippen LogP contribution is 2.21. The zero-order valence-electron chi connectivity index (χ0n) is 8.49. The summed E-state index contributed by atoms with van der Waals surface area (Å²) in [6.07, 6.45) is 0. The monoisotopic (exact) mass is 302 g/mol. The molecule has 1 rings (SSSR count). The summed E-state index contributed by atoms with van der Waals surface area (Å²) in [5, 5.41) is -0.0684. The Labute approximate surface area is 108 Å². The summed E-state index contributed by atoms with van der Waals surface area (Å²) in [7, 11) is 0. The zero-order valence-corrected chi connectivity index (χ0v) is 11.7. The maximum absolute atomic E-state index is 11.1. The molecular weight excluding hydrogens is 292 g/mol. The molecule has 0 saturated heterocycles. The van der Waals surface area contributed by atoms with E-state index in [1.54, 1.807) is 6.92 Å². The summed E-state index contributed by atoms with van der Waals surface area (Å²) in [5.74, 6) is 0.152. The van der Waals surface area contributed by atoms with Gasteiger partial charge in [0.05, 0.1) is 9.45 Å². The molecule has 0 radical (unpaired) electrons. The number of hydrogen-bond acceptors (Lipinski definition) is 3. The van der Waals surface area contributed by atoms with E-state index in [9.17, 15) is 4.79 Å². The minimum atomic E-state index is -0.0684. The predicted octanol–water partition coefficient (Wildman–Crippen LogP) is 3.84. The maximum atomic E-state index is 11.1. The van der Waals surface area contributed by atoms with Crippen LogP contribution in [0.15, 0.2) is 28.7 Å². The second kappa shape index (κ2) is 5.77. The quantitative estimate of drug-likeness (QED) is 0.790. The first-order valence-corrected chi connectivity index (χ1v) is 6.56. The van der Waals surface area contributed by atoms with Crippen LogP contribution in [0.5, 0.6) is 0 Å². The van der Waals surface area contributed by atoms with Crippen LogP contribution < -0.4 is 0 Å². The molecule has 0 saturated carbocycles. The molecular formula is C11H11BrOS2. The highest BCUT2D eigenvalue weighted by Gasteiger charge is 2.12. The molecule has 0 fully saturated rings. The van der Waals surface area contributed by atoms with E-state index < -0.39 is 0 Å². The third-order valence-corrected chi connectivity index (χ3v) is 4.12. The minimum Gasteiger partial charge on any atom is -0.299 e. The number of Topliss-reactive ketones (excluding diaryl/α,β-unsaturated/α-hetero) is 1. The zero-order chi connectivity index (χ0) is 11.4. The fraction of sp³-hybridized carbons (Fsp3) is 0.273. The SMILES string of the molecule is CC(=O)C(C)SC(=S)c1ccc(Br)cc1. The third kappa shape index (κ3) is 4.05. The van der Waals surface area contributed by atoms with E-state index in [1.165, 1.54) is 11.8 Å². The Kier molecular flexibility index (Phi) is 4.96. The smallest absolute Gasteiger partial charge is 0.142 e. The fourth-order valence-electron chi connectivity index (χ4n) is 0.898. The van der Waals surface area contributed by atoms with Crippen molar-refractivity contribution in [2.45, 2.75) is 19.1 Å². The van der Waals surface area contributed by atoms with Crippen LogP contribution in [-0.2, 0) is 4.79 Å². The summed E-state index contributed by atoms with van der Waals surface area (Å²) >= 11 is 10.1. The van der Waals surface area contributed by atoms with Gasteiger partial charge in [0, 0.05) is 4.47 Å². The Morgan fingerprint density at radius 3 is 2.40 bits per heavy atom. The van der Waals surface area contributed by atoms with Crippen LogP contribution in [0.25, 0.3) is 0 Å². The van der Waals surface area contributed by atoms with Crippen molar-refractivity contribution in [2.75, 3.05) is 0 Å². The van der Waals surface area contributed by atoms with E-state index in [0.717, 1.165) is 14.2 Å². The first kappa shape index (κ1) is 12.9. The molecule has 0 aliphatic rings. The van der Waals surface area contributed by atoms with E-state index >= 15 is 0 Å². The molecule has 1 aromatic rings. The number of ketones is 1. The van der Waals surface area contributed by atoms with E-state index in [0.29, 0.717) is 0 Å². The standard InChI is InChI=1S/C11H11BrOS2/c1-7(13)8(2)15-11(14)9-3-5-10(12)6-4-9/h3-6,8H,1-2H3. The molecule has 0 heterocycles. The van der Waals surface area contributed by atoms with Crippen molar-refractivity contribution < 1.29 is 4.79 Å². The first-order valence-electron chi connectivity index (χ1n) is 4.47. The van der Waals surface area contributed by atoms with Crippen molar-refractivity contribution in [1.82, 2.24) is 0 Å². The highest BCUT2D eigenvalue weighted by molar-refractivity contribution is 9.10. The van der Waals surface area contributed by atoms with Crippen molar-refractivity contribution in [3.05, 3.63) is 34.3 Å². The Morgan fingerprint density at radius 2 is 1.93 bits per heavy atom. The molecule has 1 aromatic carbocycles. The van der Waals surface area contributed by atoms with Gasteiger partial charge < -0.3 is 0 Å². The van der Waals surface area contributed by atoms with Gasteiger partial charge in [-0.1, -0.05) is 40.3 Å². The topological polar surface area (TPSA) is 17.1 Å². The van der Waals surface area contributed by atoms with Gasteiger partial charge in [-0.25, -0.2) is 0 Å². The number of carbonyl (C=O) groups is 1. The van der Waals surface area contributed by atoms with Crippen LogP contribution in [0.1, 0.15) is 19.4 Å². The molecule has 15 heavy (non-hydrogen) atoms. The Hall–Kier alpha value is -0.190. The number of thiocarbonyl (C=S) groups is 1. The summed E-state index contributed by atoms with van der Waals surface area (Å²) in [4.78, 5) is 11.1. The summed E-state index contributed by atoms with van der Waals surface area (Å²) in [5.41, 5.74) is 0.992. The molecule has 1 atom stereocenters. The molecule has 0 aliphatic carbocycles. The molecule has 0 bridgehead atoms. The number of carbonyl (C=O) groups excluding carboxylic acids is 1. The highest BCUT2D eigenvalue weighted by atomic mass is 79.9. The maximum Gasteiger partial charge on any atom is 0.142 e. The molecule has 1 nitrogen and oxygen atoms in total. The van der Waals surface area contributed by atoms with Gasteiger partial charge >= 0.3 is 0 Å². The van der Waals surface area contributed by atoms with Crippen molar-refractivity contribution >= 4 is 49.9 Å². The van der Waals surface area contributed by atoms with Gasteiger partial charge in [0.15, 0.2) is 0 Å². The van der Waals surface area contributed by atoms with Gasteiger partial charge in [0.25, 0.3) is 0 Å². The Balaban J connectivity index is 2.69. The van der Waals surface area contributed by atoms with Crippen LogP contribution in [0, 0.1) is 0 Å². The van der Waals surface area contributed by atoms with Crippen molar-refractivity contribution in [1.29, 1.82) is 0 Å². The number of thioether (sulfide) groups is 1. The van der Waals surface area contributed by atoms with Crippen molar-refractivity contribution in [3.8, 4) is 0 Å². The van der Waals surface area contributed by atoms with Crippen LogP contribution in [0.2, 0.25) is 0 Å². The minimum absolute atomic E-state index is 0.0684. The van der Waals surface area contributed by atoms with Crippen molar-refractivity contribution in [2.24, 2.45) is 0 Å². The largest absolute Gasteiger partial charge is 0.299 e. The van der Waals surface area contributed by atoms with E-state index in [4.69, 9.17) is 12.2 Å². The van der Waals surface area contributed by atoms with Gasteiger partial charge in [0.2, 0.25) is 0 Å². The lowest BCUT2D eigenvalue weighted by Crippen LogP contribution is -2.11. The molecule has 80 valence electrons. The molecule has 4 heteroatoms. The number of rotatable bonds is 3. The number of halogens is 1. The van der Waals surface area contributed by atoms with E-state index in [2.05, 4.69) is 15.9 Å². The Morgan fingerprint density at radius 1 is 1.40 bits per heavy atom. The molecule has 0 amide bonds. The average Bonchev–Trinajstić information content (AvgIpc) is 2.18. The summed E-state index contributed by atoms with van der Waals surface area (Å²) in [6, 6.07) is 7.79. The summed E-state index contributed by atoms with van der Waals surface area (Å²) < 4.78 is 1.80. The summed E-state index contributed by atoms with van der Waals surface area (Å²) in [6.45, 7) is 3.46.